The number of phosphoric acid groups is 1. The second-order valence-corrected chi connectivity index (χ2v) is 14.6. The highest BCUT2D eigenvalue weighted by atomic mass is 31.2. The van der Waals surface area contributed by atoms with Gasteiger partial charge in [-0.25, -0.2) is 4.57 Å². The summed E-state index contributed by atoms with van der Waals surface area (Å²) in [5, 5.41) is 0. The Labute approximate surface area is 301 Å². The first-order valence-electron chi connectivity index (χ1n) is 20.0. The van der Waals surface area contributed by atoms with Gasteiger partial charge in [0.05, 0.1) is 19.8 Å². The molecule has 0 spiro atoms. The number of unbranched alkanes of at least 4 members (excludes halogenated alkanes) is 19. The van der Waals surface area contributed by atoms with E-state index in [0.29, 0.717) is 13.0 Å². The van der Waals surface area contributed by atoms with Crippen LogP contribution >= 0.6 is 7.82 Å². The van der Waals surface area contributed by atoms with Gasteiger partial charge in [-0.1, -0.05) is 140 Å². The third-order valence-corrected chi connectivity index (χ3v) is 9.24. The lowest BCUT2D eigenvalue weighted by Crippen LogP contribution is -2.28. The number of ether oxygens (including phenoxy) is 2. The van der Waals surface area contributed by atoms with Gasteiger partial charge in [0.15, 0.2) is 0 Å². The van der Waals surface area contributed by atoms with Crippen LogP contribution in [0.3, 0.4) is 0 Å². The fraction of sp³-hybridized carbons (Fsp3) is 0.825. The van der Waals surface area contributed by atoms with E-state index in [1.807, 2.05) is 0 Å². The van der Waals surface area contributed by atoms with Crippen molar-refractivity contribution in [2.75, 3.05) is 33.0 Å². The highest BCUT2D eigenvalue weighted by molar-refractivity contribution is 7.47. The van der Waals surface area contributed by atoms with E-state index in [9.17, 15) is 14.3 Å². The van der Waals surface area contributed by atoms with Crippen molar-refractivity contribution in [3.63, 3.8) is 0 Å². The predicted molar refractivity (Wildman–Crippen MR) is 206 cm³/mol. The smallest absolute Gasteiger partial charge is 0.457 e. The van der Waals surface area contributed by atoms with Gasteiger partial charge < -0.3 is 20.1 Å². The zero-order chi connectivity index (χ0) is 35.9. The van der Waals surface area contributed by atoms with E-state index in [4.69, 9.17) is 24.3 Å². The van der Waals surface area contributed by atoms with Crippen molar-refractivity contribution < 1.29 is 32.8 Å². The first kappa shape index (κ1) is 47.7. The van der Waals surface area contributed by atoms with Crippen LogP contribution in [-0.4, -0.2) is 49.9 Å². The van der Waals surface area contributed by atoms with Crippen LogP contribution in [-0.2, 0) is 27.9 Å². The monoisotopic (exact) mass is 714 g/mol. The molecule has 0 aromatic rings. The van der Waals surface area contributed by atoms with Crippen molar-refractivity contribution in [2.45, 2.75) is 180 Å². The second kappa shape index (κ2) is 38.0. The van der Waals surface area contributed by atoms with Crippen LogP contribution in [0.25, 0.3) is 0 Å². The molecule has 0 aliphatic rings. The number of rotatable bonds is 38. The summed E-state index contributed by atoms with van der Waals surface area (Å²) in [7, 11) is -4.28. The SMILES string of the molecule is CCC/C=C\C/C=C\CCCCCCCCOCC(COP(=O)(O)OCCN)OC(=O)CCCCCCC/C=C\CCCCCCCCC. The summed E-state index contributed by atoms with van der Waals surface area (Å²) in [5.41, 5.74) is 5.35. The molecule has 2 atom stereocenters. The zero-order valence-electron chi connectivity index (χ0n) is 31.7. The normalized spacial score (nSPS) is 14.0. The van der Waals surface area contributed by atoms with Crippen LogP contribution in [0.15, 0.2) is 36.5 Å². The lowest BCUT2D eigenvalue weighted by Gasteiger charge is -2.20. The predicted octanol–water partition coefficient (Wildman–Crippen LogP) is 11.5. The van der Waals surface area contributed by atoms with E-state index in [1.165, 1.54) is 83.5 Å². The van der Waals surface area contributed by atoms with Crippen molar-refractivity contribution >= 4 is 13.8 Å². The lowest BCUT2D eigenvalue weighted by molar-refractivity contribution is -0.154. The number of carbonyl (C=O) groups excluding carboxylic acids is 1. The minimum atomic E-state index is -4.28. The number of hydrogen-bond donors (Lipinski definition) is 2. The Bertz CT molecular complexity index is 848. The van der Waals surface area contributed by atoms with Gasteiger partial charge in [-0.15, -0.1) is 0 Å². The molecule has 0 fully saturated rings. The fourth-order valence-corrected chi connectivity index (χ4v) is 6.09. The first-order valence-corrected chi connectivity index (χ1v) is 21.5. The molecule has 8 nitrogen and oxygen atoms in total. The quantitative estimate of drug-likeness (QED) is 0.0281. The van der Waals surface area contributed by atoms with Crippen LogP contribution in [0.2, 0.25) is 0 Å². The van der Waals surface area contributed by atoms with Crippen molar-refractivity contribution in [3.8, 4) is 0 Å². The molecule has 9 heteroatoms. The van der Waals surface area contributed by atoms with E-state index in [1.54, 1.807) is 0 Å². The fourth-order valence-electron chi connectivity index (χ4n) is 5.32. The number of nitrogens with two attached hydrogens (primary N) is 1. The van der Waals surface area contributed by atoms with E-state index in [0.717, 1.165) is 70.6 Å². The number of allylic oxidation sites excluding steroid dienone is 6. The van der Waals surface area contributed by atoms with Gasteiger partial charge in [-0.2, -0.15) is 0 Å². The molecule has 0 bridgehead atoms. The lowest BCUT2D eigenvalue weighted by atomic mass is 10.1. The molecule has 0 saturated heterocycles. The van der Waals surface area contributed by atoms with Gasteiger partial charge in [0, 0.05) is 19.6 Å². The van der Waals surface area contributed by atoms with Gasteiger partial charge in [-0.3, -0.25) is 13.8 Å². The van der Waals surface area contributed by atoms with Crippen LogP contribution < -0.4 is 5.73 Å². The Balaban J connectivity index is 4.10. The number of hydrogen-bond acceptors (Lipinski definition) is 7. The third-order valence-electron chi connectivity index (χ3n) is 8.26. The van der Waals surface area contributed by atoms with Gasteiger partial charge in [-0.05, 0) is 64.2 Å². The molecule has 49 heavy (non-hydrogen) atoms. The third kappa shape index (κ3) is 37.8. The van der Waals surface area contributed by atoms with Crippen LogP contribution in [0.4, 0.5) is 0 Å². The number of carbonyl (C=O) groups is 1. The molecule has 0 saturated carbocycles. The summed E-state index contributed by atoms with van der Waals surface area (Å²) in [4.78, 5) is 22.4. The van der Waals surface area contributed by atoms with E-state index in [2.05, 4.69) is 50.3 Å². The molecule has 2 unspecified atom stereocenters. The topological polar surface area (TPSA) is 117 Å². The van der Waals surface area contributed by atoms with Gasteiger partial charge in [0.1, 0.15) is 6.10 Å². The number of phosphoric ester groups is 1. The minimum absolute atomic E-state index is 0.0967. The second-order valence-electron chi connectivity index (χ2n) is 13.1. The summed E-state index contributed by atoms with van der Waals surface area (Å²) in [6.07, 6.45) is 41.5. The molecule has 0 aliphatic heterocycles. The Morgan fingerprint density at radius 3 is 1.69 bits per heavy atom. The van der Waals surface area contributed by atoms with Gasteiger partial charge in [0.2, 0.25) is 0 Å². The Kier molecular flexibility index (Phi) is 37.0. The first-order chi connectivity index (χ1) is 23.9. The molecule has 3 N–H and O–H groups in total. The molecule has 0 aromatic carbocycles. The van der Waals surface area contributed by atoms with Crippen molar-refractivity contribution in [3.05, 3.63) is 36.5 Å². The van der Waals surface area contributed by atoms with Crippen LogP contribution in [0.5, 0.6) is 0 Å². The summed E-state index contributed by atoms with van der Waals surface area (Å²) in [6.45, 7) is 4.82. The Morgan fingerprint density at radius 2 is 1.12 bits per heavy atom. The maximum atomic E-state index is 12.5. The summed E-state index contributed by atoms with van der Waals surface area (Å²) in [6, 6.07) is 0. The Hall–Kier alpha value is -1.28. The molecular weight excluding hydrogens is 637 g/mol. The van der Waals surface area contributed by atoms with E-state index in [-0.39, 0.29) is 32.3 Å². The molecule has 0 rings (SSSR count). The highest BCUT2D eigenvalue weighted by Gasteiger charge is 2.25. The molecule has 0 aliphatic carbocycles. The summed E-state index contributed by atoms with van der Waals surface area (Å²) >= 11 is 0. The van der Waals surface area contributed by atoms with Crippen LogP contribution in [0, 0.1) is 0 Å². The van der Waals surface area contributed by atoms with E-state index >= 15 is 0 Å². The highest BCUT2D eigenvalue weighted by Crippen LogP contribution is 2.43. The van der Waals surface area contributed by atoms with Gasteiger partial charge >= 0.3 is 13.8 Å². The molecule has 288 valence electrons. The van der Waals surface area contributed by atoms with Crippen LogP contribution in [0.1, 0.15) is 174 Å². The van der Waals surface area contributed by atoms with Crippen molar-refractivity contribution in [1.82, 2.24) is 0 Å². The molecular formula is C40H76NO7P. The largest absolute Gasteiger partial charge is 0.472 e. The summed E-state index contributed by atoms with van der Waals surface area (Å²) in [5.74, 6) is -0.344. The molecule has 0 heterocycles. The van der Waals surface area contributed by atoms with Gasteiger partial charge in [0.25, 0.3) is 0 Å². The molecule has 0 aromatic heterocycles. The average Bonchev–Trinajstić information content (AvgIpc) is 3.09. The van der Waals surface area contributed by atoms with Crippen molar-refractivity contribution in [2.24, 2.45) is 5.73 Å². The average molecular weight is 714 g/mol. The summed E-state index contributed by atoms with van der Waals surface area (Å²) < 4.78 is 33.3. The Morgan fingerprint density at radius 1 is 0.612 bits per heavy atom. The standard InChI is InChI=1S/C40H76NO7P/c1-3-5-7-9-11-13-15-17-19-20-21-23-25-27-29-31-33-40(42)48-39(38-47-49(43,44)46-36-34-41)37-45-35-32-30-28-26-24-22-18-16-14-12-10-8-6-4-2/h8,10,14,16,19-20,39H,3-7,9,11-13,15,17-18,21-38,41H2,1-2H3,(H,43,44)/b10-8-,16-14-,20-19-. The number of esters is 1. The molecule has 0 radical (unpaired) electrons. The minimum Gasteiger partial charge on any atom is -0.457 e. The zero-order valence-corrected chi connectivity index (χ0v) is 32.6. The van der Waals surface area contributed by atoms with E-state index < -0.39 is 13.9 Å². The maximum absolute atomic E-state index is 12.5. The maximum Gasteiger partial charge on any atom is 0.472 e. The van der Waals surface area contributed by atoms with Crippen molar-refractivity contribution in [1.29, 1.82) is 0 Å². The molecule has 0 amide bonds.